The van der Waals surface area contributed by atoms with Gasteiger partial charge < -0.3 is 10.7 Å². The molecule has 2 aromatic rings. The largest absolute Gasteiger partial charge is 0.340 e. The highest BCUT2D eigenvalue weighted by Gasteiger charge is 2.33. The van der Waals surface area contributed by atoms with Crippen molar-refractivity contribution in [3.63, 3.8) is 0 Å². The third-order valence-electron chi connectivity index (χ3n) is 3.87. The molecule has 3 N–H and O–H groups in total. The first-order valence-electron chi connectivity index (χ1n) is 6.56. The summed E-state index contributed by atoms with van der Waals surface area (Å²) >= 11 is 0. The van der Waals surface area contributed by atoms with E-state index in [-0.39, 0.29) is 5.54 Å². The second kappa shape index (κ2) is 4.52. The van der Waals surface area contributed by atoms with E-state index in [4.69, 9.17) is 11.0 Å². The minimum atomic E-state index is -0.287. The number of hydrogen-bond donors (Lipinski definition) is 2. The van der Waals surface area contributed by atoms with Crippen LogP contribution in [0.15, 0.2) is 30.5 Å². The van der Waals surface area contributed by atoms with Crippen molar-refractivity contribution in [2.75, 3.05) is 0 Å². The van der Waals surface area contributed by atoms with Crippen LogP contribution < -0.4 is 5.73 Å². The lowest BCUT2D eigenvalue weighted by molar-refractivity contribution is 0.436. The number of nitriles is 1. The Morgan fingerprint density at radius 3 is 2.53 bits per heavy atom. The van der Waals surface area contributed by atoms with Crippen LogP contribution in [-0.4, -0.2) is 9.97 Å². The molecule has 3 rings (SSSR count). The molecule has 0 saturated heterocycles. The first-order chi connectivity index (χ1) is 9.21. The standard InChI is InChI=1S/C15H16N4/c16-9-11-3-5-12(6-4-11)13-10-18-14(19-13)15(17)7-1-2-8-15/h3-6,10H,1-2,7-8,17H2,(H,18,19). The maximum Gasteiger partial charge on any atom is 0.126 e. The third kappa shape index (κ3) is 2.13. The Balaban J connectivity index is 1.90. The van der Waals surface area contributed by atoms with Gasteiger partial charge in [-0.05, 0) is 30.5 Å². The van der Waals surface area contributed by atoms with Crippen LogP contribution in [0, 0.1) is 11.3 Å². The Hall–Kier alpha value is -2.12. The van der Waals surface area contributed by atoms with Gasteiger partial charge in [0, 0.05) is 0 Å². The number of nitrogens with two attached hydrogens (primary N) is 1. The quantitative estimate of drug-likeness (QED) is 0.862. The molecule has 1 aliphatic rings. The predicted molar refractivity (Wildman–Crippen MR) is 73.1 cm³/mol. The van der Waals surface area contributed by atoms with Crippen molar-refractivity contribution in [2.45, 2.75) is 31.2 Å². The summed E-state index contributed by atoms with van der Waals surface area (Å²) in [6.45, 7) is 0. The van der Waals surface area contributed by atoms with Crippen molar-refractivity contribution < 1.29 is 0 Å². The summed E-state index contributed by atoms with van der Waals surface area (Å²) in [5.41, 5.74) is 8.74. The van der Waals surface area contributed by atoms with Gasteiger partial charge in [-0.15, -0.1) is 0 Å². The third-order valence-corrected chi connectivity index (χ3v) is 3.87. The van der Waals surface area contributed by atoms with Gasteiger partial charge in [-0.2, -0.15) is 5.26 Å². The van der Waals surface area contributed by atoms with Crippen molar-refractivity contribution in [1.29, 1.82) is 5.26 Å². The monoisotopic (exact) mass is 252 g/mol. The normalized spacial score (nSPS) is 17.3. The highest BCUT2D eigenvalue weighted by atomic mass is 15.0. The van der Waals surface area contributed by atoms with E-state index in [2.05, 4.69) is 16.0 Å². The molecular formula is C15H16N4. The fraction of sp³-hybridized carbons (Fsp3) is 0.333. The number of imidazole rings is 1. The number of nitrogens with one attached hydrogen (secondary N) is 1. The Labute approximate surface area is 112 Å². The van der Waals surface area contributed by atoms with Gasteiger partial charge >= 0.3 is 0 Å². The Morgan fingerprint density at radius 2 is 1.89 bits per heavy atom. The van der Waals surface area contributed by atoms with Crippen molar-refractivity contribution in [3.8, 4) is 17.3 Å². The summed E-state index contributed by atoms with van der Waals surface area (Å²) in [5.74, 6) is 0.879. The van der Waals surface area contributed by atoms with Gasteiger partial charge in [0.15, 0.2) is 0 Å². The molecule has 1 aromatic heterocycles. The van der Waals surface area contributed by atoms with Crippen LogP contribution in [0.5, 0.6) is 0 Å². The van der Waals surface area contributed by atoms with Crippen LogP contribution in [-0.2, 0) is 5.54 Å². The van der Waals surface area contributed by atoms with E-state index in [1.807, 2.05) is 30.5 Å². The van der Waals surface area contributed by atoms with Gasteiger partial charge in [-0.25, -0.2) is 4.98 Å². The number of benzene rings is 1. The minimum Gasteiger partial charge on any atom is -0.340 e. The first kappa shape index (κ1) is 11.9. The molecule has 1 saturated carbocycles. The van der Waals surface area contributed by atoms with Gasteiger partial charge in [0.25, 0.3) is 0 Å². The second-order valence-corrected chi connectivity index (χ2v) is 5.20. The summed E-state index contributed by atoms with van der Waals surface area (Å²) in [6.07, 6.45) is 6.15. The number of nitrogens with zero attached hydrogens (tertiary/aromatic N) is 2. The molecule has 0 aliphatic heterocycles. The van der Waals surface area contributed by atoms with E-state index in [1.54, 1.807) is 0 Å². The average Bonchev–Trinajstić information content (AvgIpc) is 3.08. The SMILES string of the molecule is N#Cc1ccc(-c2cnc(C3(N)CCCC3)[nH]2)cc1. The van der Waals surface area contributed by atoms with Crippen molar-refractivity contribution >= 4 is 0 Å². The second-order valence-electron chi connectivity index (χ2n) is 5.20. The molecule has 0 atom stereocenters. The zero-order chi connectivity index (χ0) is 13.3. The molecule has 1 heterocycles. The van der Waals surface area contributed by atoms with E-state index in [1.165, 1.54) is 12.8 Å². The molecule has 0 amide bonds. The van der Waals surface area contributed by atoms with E-state index in [0.717, 1.165) is 29.9 Å². The number of rotatable bonds is 2. The summed E-state index contributed by atoms with van der Waals surface area (Å²) < 4.78 is 0. The van der Waals surface area contributed by atoms with Crippen molar-refractivity contribution in [2.24, 2.45) is 5.73 Å². The lowest BCUT2D eigenvalue weighted by Crippen LogP contribution is -2.34. The van der Waals surface area contributed by atoms with Gasteiger partial charge in [0.05, 0.1) is 29.1 Å². The molecular weight excluding hydrogens is 236 g/mol. The fourth-order valence-electron chi connectivity index (χ4n) is 2.69. The van der Waals surface area contributed by atoms with Crippen LogP contribution in [0.3, 0.4) is 0 Å². The molecule has 4 nitrogen and oxygen atoms in total. The number of H-pyrrole nitrogens is 1. The van der Waals surface area contributed by atoms with Gasteiger partial charge in [-0.3, -0.25) is 0 Å². The summed E-state index contributed by atoms with van der Waals surface area (Å²) in [5, 5.41) is 8.79. The van der Waals surface area contributed by atoms with Gasteiger partial charge in [0.2, 0.25) is 0 Å². The van der Waals surface area contributed by atoms with Crippen molar-refractivity contribution in [1.82, 2.24) is 9.97 Å². The summed E-state index contributed by atoms with van der Waals surface area (Å²) in [6, 6.07) is 9.58. The van der Waals surface area contributed by atoms with Crippen molar-refractivity contribution in [3.05, 3.63) is 41.9 Å². The average molecular weight is 252 g/mol. The van der Waals surface area contributed by atoms with Crippen LogP contribution >= 0.6 is 0 Å². The predicted octanol–water partition coefficient (Wildman–Crippen LogP) is 2.68. The molecule has 0 radical (unpaired) electrons. The van der Waals surface area contributed by atoms with Gasteiger partial charge in [-0.1, -0.05) is 25.0 Å². The summed E-state index contributed by atoms with van der Waals surface area (Å²) in [4.78, 5) is 7.77. The molecule has 0 spiro atoms. The van der Waals surface area contributed by atoms with E-state index >= 15 is 0 Å². The Kier molecular flexibility index (Phi) is 2.84. The Bertz CT molecular complexity index is 612. The molecule has 19 heavy (non-hydrogen) atoms. The van der Waals surface area contributed by atoms with Crippen LogP contribution in [0.25, 0.3) is 11.3 Å². The number of hydrogen-bond acceptors (Lipinski definition) is 3. The first-order valence-corrected chi connectivity index (χ1v) is 6.56. The lowest BCUT2D eigenvalue weighted by atomic mass is 9.99. The maximum absolute atomic E-state index is 8.79. The van der Waals surface area contributed by atoms with Crippen LogP contribution in [0.2, 0.25) is 0 Å². The molecule has 96 valence electrons. The zero-order valence-electron chi connectivity index (χ0n) is 10.7. The summed E-state index contributed by atoms with van der Waals surface area (Å²) in [7, 11) is 0. The molecule has 1 aliphatic carbocycles. The smallest absolute Gasteiger partial charge is 0.126 e. The molecule has 0 bridgehead atoms. The zero-order valence-corrected chi connectivity index (χ0v) is 10.7. The highest BCUT2D eigenvalue weighted by Crippen LogP contribution is 2.35. The maximum atomic E-state index is 8.79. The van der Waals surface area contributed by atoms with E-state index < -0.39 is 0 Å². The van der Waals surface area contributed by atoms with E-state index in [9.17, 15) is 0 Å². The fourth-order valence-corrected chi connectivity index (χ4v) is 2.69. The topological polar surface area (TPSA) is 78.5 Å². The van der Waals surface area contributed by atoms with Crippen LogP contribution in [0.1, 0.15) is 37.1 Å². The minimum absolute atomic E-state index is 0.287. The lowest BCUT2D eigenvalue weighted by Gasteiger charge is -2.20. The Morgan fingerprint density at radius 1 is 1.21 bits per heavy atom. The molecule has 0 unspecified atom stereocenters. The molecule has 1 aromatic carbocycles. The number of aromatic nitrogens is 2. The van der Waals surface area contributed by atoms with Gasteiger partial charge in [0.1, 0.15) is 5.82 Å². The number of aromatic amines is 1. The van der Waals surface area contributed by atoms with E-state index in [0.29, 0.717) is 5.56 Å². The molecule has 1 fully saturated rings. The van der Waals surface area contributed by atoms with Crippen LogP contribution in [0.4, 0.5) is 0 Å². The molecule has 4 heteroatoms. The highest BCUT2D eigenvalue weighted by molar-refractivity contribution is 5.59.